The first kappa shape index (κ1) is 9.98. The van der Waals surface area contributed by atoms with E-state index in [0.29, 0.717) is 16.4 Å². The van der Waals surface area contributed by atoms with Crippen LogP contribution in [-0.2, 0) is 7.05 Å². The van der Waals surface area contributed by atoms with Crippen molar-refractivity contribution >= 4 is 17.5 Å². The van der Waals surface area contributed by atoms with Crippen molar-refractivity contribution in [2.75, 3.05) is 5.73 Å². The largest absolute Gasteiger partial charge is 0.369 e. The van der Waals surface area contributed by atoms with Crippen LogP contribution in [0.2, 0.25) is 5.15 Å². The topological polar surface area (TPSA) is 43.8 Å². The van der Waals surface area contributed by atoms with Gasteiger partial charge in [0.2, 0.25) is 5.95 Å². The highest BCUT2D eigenvalue weighted by atomic mass is 35.5. The van der Waals surface area contributed by atoms with Crippen LogP contribution in [0.4, 0.5) is 10.3 Å². The predicted octanol–water partition coefficient (Wildman–Crippen LogP) is 2.46. The van der Waals surface area contributed by atoms with Crippen molar-refractivity contribution in [2.24, 2.45) is 7.05 Å². The fraction of sp³-hybridized carbons (Fsp3) is 0.100. The summed E-state index contributed by atoms with van der Waals surface area (Å²) in [6, 6.07) is 6.30. The van der Waals surface area contributed by atoms with Gasteiger partial charge in [0, 0.05) is 12.6 Å². The Morgan fingerprint density at radius 3 is 2.60 bits per heavy atom. The summed E-state index contributed by atoms with van der Waals surface area (Å²) >= 11 is 5.97. The molecule has 78 valence electrons. The fourth-order valence-corrected chi connectivity index (χ4v) is 1.55. The van der Waals surface area contributed by atoms with E-state index in [9.17, 15) is 4.39 Å². The zero-order chi connectivity index (χ0) is 11.0. The summed E-state index contributed by atoms with van der Waals surface area (Å²) in [6.07, 6.45) is 0. The van der Waals surface area contributed by atoms with Gasteiger partial charge in [-0.15, -0.1) is 0 Å². The second kappa shape index (κ2) is 3.55. The van der Waals surface area contributed by atoms with Crippen molar-refractivity contribution in [2.45, 2.75) is 0 Å². The summed E-state index contributed by atoms with van der Waals surface area (Å²) < 4.78 is 15.0. The van der Waals surface area contributed by atoms with Crippen LogP contribution in [0.15, 0.2) is 24.3 Å². The first-order chi connectivity index (χ1) is 7.11. The minimum absolute atomic E-state index is 0.262. The fourth-order valence-electron chi connectivity index (χ4n) is 1.32. The molecule has 0 saturated carbocycles. The number of nitrogens with two attached hydrogens (primary N) is 1. The molecule has 0 spiro atoms. The van der Waals surface area contributed by atoms with Crippen molar-refractivity contribution < 1.29 is 4.39 Å². The summed E-state index contributed by atoms with van der Waals surface area (Å²) in [5.41, 5.74) is 6.30. The van der Waals surface area contributed by atoms with Gasteiger partial charge in [0.1, 0.15) is 16.7 Å². The number of nitrogen functional groups attached to an aromatic ring is 1. The van der Waals surface area contributed by atoms with Crippen molar-refractivity contribution in [3.63, 3.8) is 0 Å². The Balaban J connectivity index is 2.65. The van der Waals surface area contributed by atoms with E-state index in [1.165, 1.54) is 10.6 Å². The summed E-state index contributed by atoms with van der Waals surface area (Å²) in [6.45, 7) is 0. The number of imidazole rings is 1. The van der Waals surface area contributed by atoms with Crippen LogP contribution < -0.4 is 5.73 Å². The highest BCUT2D eigenvalue weighted by molar-refractivity contribution is 6.32. The van der Waals surface area contributed by atoms with E-state index < -0.39 is 0 Å². The van der Waals surface area contributed by atoms with Gasteiger partial charge >= 0.3 is 0 Å². The van der Waals surface area contributed by atoms with Crippen molar-refractivity contribution in [3.05, 3.63) is 35.2 Å². The molecule has 0 amide bonds. The SMILES string of the molecule is Cn1c(N)nc(-c2ccccc2F)c1Cl. The number of benzene rings is 1. The summed E-state index contributed by atoms with van der Waals surface area (Å²) in [4.78, 5) is 4.01. The first-order valence-electron chi connectivity index (χ1n) is 4.34. The minimum Gasteiger partial charge on any atom is -0.369 e. The molecule has 3 nitrogen and oxygen atoms in total. The number of anilines is 1. The summed E-state index contributed by atoms with van der Waals surface area (Å²) in [7, 11) is 1.68. The molecule has 0 fully saturated rings. The number of nitrogens with zero attached hydrogens (tertiary/aromatic N) is 2. The average Bonchev–Trinajstić information content (AvgIpc) is 2.47. The smallest absolute Gasteiger partial charge is 0.201 e. The van der Waals surface area contributed by atoms with E-state index in [-0.39, 0.29) is 11.8 Å². The van der Waals surface area contributed by atoms with Gasteiger partial charge in [0.05, 0.1) is 0 Å². The Morgan fingerprint density at radius 2 is 2.07 bits per heavy atom. The second-order valence-corrected chi connectivity index (χ2v) is 3.51. The van der Waals surface area contributed by atoms with Crippen LogP contribution in [0.25, 0.3) is 11.3 Å². The van der Waals surface area contributed by atoms with Crippen LogP contribution in [0, 0.1) is 5.82 Å². The zero-order valence-corrected chi connectivity index (χ0v) is 8.79. The Kier molecular flexibility index (Phi) is 2.36. The molecule has 0 radical (unpaired) electrons. The lowest BCUT2D eigenvalue weighted by Gasteiger charge is -1.99. The highest BCUT2D eigenvalue weighted by Crippen LogP contribution is 2.29. The molecule has 2 aromatic rings. The number of hydrogen-bond donors (Lipinski definition) is 1. The lowest BCUT2D eigenvalue weighted by atomic mass is 10.1. The number of halogens is 2. The van der Waals surface area contributed by atoms with Crippen LogP contribution in [0.5, 0.6) is 0 Å². The van der Waals surface area contributed by atoms with E-state index in [1.807, 2.05) is 0 Å². The maximum atomic E-state index is 13.4. The standard InChI is InChI=1S/C10H9ClFN3/c1-15-9(11)8(14-10(15)13)6-4-2-3-5-7(6)12/h2-5H,1H3,(H2,13,14). The molecule has 0 aliphatic heterocycles. The number of rotatable bonds is 1. The molecule has 0 atom stereocenters. The lowest BCUT2D eigenvalue weighted by Crippen LogP contribution is -1.96. The van der Waals surface area contributed by atoms with Crippen molar-refractivity contribution in [1.29, 1.82) is 0 Å². The quantitative estimate of drug-likeness (QED) is 0.810. The predicted molar refractivity (Wildman–Crippen MR) is 58.0 cm³/mol. The van der Waals surface area contributed by atoms with Gasteiger partial charge < -0.3 is 10.3 Å². The minimum atomic E-state index is -0.363. The Labute approximate surface area is 91.3 Å². The van der Waals surface area contributed by atoms with Crippen LogP contribution in [0.1, 0.15) is 0 Å². The van der Waals surface area contributed by atoms with Gasteiger partial charge in [-0.1, -0.05) is 23.7 Å². The third-order valence-electron chi connectivity index (χ3n) is 2.19. The summed E-state index contributed by atoms with van der Waals surface area (Å²) in [5, 5.41) is 0.331. The molecule has 0 aliphatic rings. The molecule has 15 heavy (non-hydrogen) atoms. The molecular formula is C10H9ClFN3. The Morgan fingerprint density at radius 1 is 1.40 bits per heavy atom. The van der Waals surface area contributed by atoms with Crippen molar-refractivity contribution in [3.8, 4) is 11.3 Å². The third-order valence-corrected chi connectivity index (χ3v) is 2.62. The van der Waals surface area contributed by atoms with Crippen LogP contribution >= 0.6 is 11.6 Å². The van der Waals surface area contributed by atoms with Gasteiger partial charge in [0.25, 0.3) is 0 Å². The van der Waals surface area contributed by atoms with E-state index in [0.717, 1.165) is 0 Å². The molecule has 5 heteroatoms. The maximum absolute atomic E-state index is 13.4. The number of hydrogen-bond acceptors (Lipinski definition) is 2. The molecule has 1 aromatic heterocycles. The van der Waals surface area contributed by atoms with E-state index >= 15 is 0 Å². The molecular weight excluding hydrogens is 217 g/mol. The van der Waals surface area contributed by atoms with Crippen molar-refractivity contribution in [1.82, 2.24) is 9.55 Å². The Hall–Kier alpha value is -1.55. The average molecular weight is 226 g/mol. The molecule has 0 aliphatic carbocycles. The molecule has 0 saturated heterocycles. The zero-order valence-electron chi connectivity index (χ0n) is 8.04. The highest BCUT2D eigenvalue weighted by Gasteiger charge is 2.15. The molecule has 1 aromatic carbocycles. The van der Waals surface area contributed by atoms with Gasteiger partial charge in [-0.2, -0.15) is 0 Å². The molecule has 2 rings (SSSR count). The maximum Gasteiger partial charge on any atom is 0.201 e. The molecule has 2 N–H and O–H groups in total. The van der Waals surface area contributed by atoms with Gasteiger partial charge in [0.15, 0.2) is 0 Å². The first-order valence-corrected chi connectivity index (χ1v) is 4.71. The summed E-state index contributed by atoms with van der Waals surface area (Å²) in [5.74, 6) is -0.101. The normalized spacial score (nSPS) is 10.6. The molecule has 0 unspecified atom stereocenters. The van der Waals surface area contributed by atoms with E-state index in [1.54, 1.807) is 25.2 Å². The van der Waals surface area contributed by atoms with Crippen LogP contribution in [-0.4, -0.2) is 9.55 Å². The van der Waals surface area contributed by atoms with Crippen LogP contribution in [0.3, 0.4) is 0 Å². The van der Waals surface area contributed by atoms with Gasteiger partial charge in [-0.05, 0) is 12.1 Å². The second-order valence-electron chi connectivity index (χ2n) is 3.15. The molecule has 0 bridgehead atoms. The van der Waals surface area contributed by atoms with E-state index in [4.69, 9.17) is 17.3 Å². The third kappa shape index (κ3) is 1.57. The van der Waals surface area contributed by atoms with E-state index in [2.05, 4.69) is 4.98 Å². The lowest BCUT2D eigenvalue weighted by molar-refractivity contribution is 0.631. The Bertz CT molecular complexity index is 507. The monoisotopic (exact) mass is 225 g/mol. The molecule has 1 heterocycles. The van der Waals surface area contributed by atoms with Gasteiger partial charge in [-0.25, -0.2) is 9.37 Å². The van der Waals surface area contributed by atoms with Gasteiger partial charge in [-0.3, -0.25) is 0 Å². The number of aromatic nitrogens is 2.